The quantitative estimate of drug-likeness (QED) is 0.665. The van der Waals surface area contributed by atoms with Crippen molar-refractivity contribution in [3.05, 3.63) is 57.0 Å². The molecular formula is C14H9Br2F2NOS. The highest BCUT2D eigenvalue weighted by Gasteiger charge is 2.13. The molecule has 1 amide bonds. The fourth-order valence-electron chi connectivity index (χ4n) is 1.54. The summed E-state index contributed by atoms with van der Waals surface area (Å²) in [4.78, 5) is 12.8. The molecule has 2 aromatic rings. The number of nitrogens with one attached hydrogen (secondary N) is 1. The smallest absolute Gasteiger partial charge is 0.234 e. The van der Waals surface area contributed by atoms with Gasteiger partial charge < -0.3 is 5.32 Å². The molecule has 0 atom stereocenters. The van der Waals surface area contributed by atoms with Crippen LogP contribution in [0.4, 0.5) is 14.5 Å². The summed E-state index contributed by atoms with van der Waals surface area (Å²) >= 11 is 7.73. The van der Waals surface area contributed by atoms with Crippen molar-refractivity contribution in [1.29, 1.82) is 0 Å². The minimum atomic E-state index is -0.818. The van der Waals surface area contributed by atoms with E-state index in [0.29, 0.717) is 0 Å². The van der Waals surface area contributed by atoms with Gasteiger partial charge in [-0.05, 0) is 50.1 Å². The number of carbonyl (C=O) groups is 1. The molecule has 2 rings (SSSR count). The lowest BCUT2D eigenvalue weighted by Gasteiger charge is -2.09. The van der Waals surface area contributed by atoms with Gasteiger partial charge in [-0.1, -0.05) is 12.1 Å². The van der Waals surface area contributed by atoms with Gasteiger partial charge in [0.25, 0.3) is 0 Å². The summed E-state index contributed by atoms with van der Waals surface area (Å²) in [6, 6.07) is 9.30. The molecule has 0 radical (unpaired) electrons. The molecule has 0 aromatic heterocycles. The molecule has 0 aliphatic rings. The molecule has 0 aliphatic carbocycles. The average Bonchev–Trinajstić information content (AvgIpc) is 2.42. The zero-order valence-corrected chi connectivity index (χ0v) is 14.5. The molecule has 0 heterocycles. The second kappa shape index (κ2) is 7.38. The molecule has 0 aliphatic heterocycles. The maximum Gasteiger partial charge on any atom is 0.234 e. The van der Waals surface area contributed by atoms with Gasteiger partial charge in [-0.2, -0.15) is 0 Å². The van der Waals surface area contributed by atoms with Gasteiger partial charge in [0, 0.05) is 19.9 Å². The zero-order chi connectivity index (χ0) is 15.4. The Balaban J connectivity index is 2.01. The van der Waals surface area contributed by atoms with Crippen molar-refractivity contribution >= 4 is 55.2 Å². The first-order valence-corrected chi connectivity index (χ1v) is 8.36. The van der Waals surface area contributed by atoms with Gasteiger partial charge in [0.2, 0.25) is 5.91 Å². The number of hydrogen-bond acceptors (Lipinski definition) is 2. The van der Waals surface area contributed by atoms with Crippen LogP contribution in [0.25, 0.3) is 0 Å². The molecule has 110 valence electrons. The number of amides is 1. The van der Waals surface area contributed by atoms with E-state index in [1.807, 2.05) is 24.3 Å². The number of thioether (sulfide) groups is 1. The summed E-state index contributed by atoms with van der Waals surface area (Å²) in [7, 11) is 0. The molecule has 0 saturated heterocycles. The summed E-state index contributed by atoms with van der Waals surface area (Å²) in [5.74, 6) is -1.78. The SMILES string of the molecule is O=C(CSc1ccccc1Br)Nc1c(F)cc(F)cc1Br. The Hall–Kier alpha value is -0.920. The second-order valence-electron chi connectivity index (χ2n) is 4.01. The average molecular weight is 437 g/mol. The molecule has 21 heavy (non-hydrogen) atoms. The number of carbonyl (C=O) groups excluding carboxylic acids is 1. The number of hydrogen-bond donors (Lipinski definition) is 1. The van der Waals surface area contributed by atoms with Crippen molar-refractivity contribution in [3.8, 4) is 0 Å². The van der Waals surface area contributed by atoms with E-state index in [1.165, 1.54) is 11.8 Å². The standard InChI is InChI=1S/C14H9Br2F2NOS/c15-9-3-1-2-4-12(9)21-7-13(20)19-14-10(16)5-8(17)6-11(14)18/h1-6H,7H2,(H,19,20). The molecule has 7 heteroatoms. The molecule has 2 nitrogen and oxygen atoms in total. The zero-order valence-electron chi connectivity index (χ0n) is 10.5. The van der Waals surface area contributed by atoms with Crippen molar-refractivity contribution in [2.45, 2.75) is 4.90 Å². The van der Waals surface area contributed by atoms with Crippen molar-refractivity contribution < 1.29 is 13.6 Å². The van der Waals surface area contributed by atoms with Crippen LogP contribution >= 0.6 is 43.6 Å². The maximum atomic E-state index is 13.6. The highest BCUT2D eigenvalue weighted by atomic mass is 79.9. The molecule has 1 N–H and O–H groups in total. The largest absolute Gasteiger partial charge is 0.322 e. The molecule has 2 aromatic carbocycles. The van der Waals surface area contributed by atoms with Crippen LogP contribution in [0.2, 0.25) is 0 Å². The van der Waals surface area contributed by atoms with Crippen LogP contribution in [-0.4, -0.2) is 11.7 Å². The Kier molecular flexibility index (Phi) is 5.78. The number of halogens is 4. The van der Waals surface area contributed by atoms with Crippen LogP contribution in [0.5, 0.6) is 0 Å². The third-order valence-corrected chi connectivity index (χ3v) is 5.12. The summed E-state index contributed by atoms with van der Waals surface area (Å²) in [6.45, 7) is 0. The van der Waals surface area contributed by atoms with Gasteiger partial charge in [-0.15, -0.1) is 11.8 Å². The number of benzene rings is 2. The first kappa shape index (κ1) is 16.5. The van der Waals surface area contributed by atoms with E-state index >= 15 is 0 Å². The molecule has 0 unspecified atom stereocenters. The summed E-state index contributed by atoms with van der Waals surface area (Å²) in [5.41, 5.74) is -0.0610. The normalized spacial score (nSPS) is 10.5. The van der Waals surface area contributed by atoms with Gasteiger partial charge in [0.15, 0.2) is 5.82 Å². The van der Waals surface area contributed by atoms with Gasteiger partial charge in [-0.3, -0.25) is 4.79 Å². The lowest BCUT2D eigenvalue weighted by molar-refractivity contribution is -0.113. The van der Waals surface area contributed by atoms with Crippen LogP contribution in [0.15, 0.2) is 50.2 Å². The minimum absolute atomic E-state index is 0.0610. The van der Waals surface area contributed by atoms with Crippen molar-refractivity contribution in [3.63, 3.8) is 0 Å². The predicted octanol–water partition coefficient (Wildman–Crippen LogP) is 5.22. The molecule has 0 saturated carbocycles. The number of rotatable bonds is 4. The van der Waals surface area contributed by atoms with Crippen LogP contribution in [0.1, 0.15) is 0 Å². The van der Waals surface area contributed by atoms with E-state index in [1.54, 1.807) is 0 Å². The fraction of sp³-hybridized carbons (Fsp3) is 0.0714. The molecular weight excluding hydrogens is 428 g/mol. The Morgan fingerprint density at radius 2 is 1.86 bits per heavy atom. The Bertz CT molecular complexity index is 659. The van der Waals surface area contributed by atoms with Crippen LogP contribution in [-0.2, 0) is 4.79 Å². The monoisotopic (exact) mass is 435 g/mol. The Morgan fingerprint density at radius 1 is 1.14 bits per heavy atom. The third-order valence-electron chi connectivity index (χ3n) is 2.47. The lowest BCUT2D eigenvalue weighted by atomic mass is 10.3. The van der Waals surface area contributed by atoms with Crippen LogP contribution in [0, 0.1) is 11.6 Å². The Labute approximate surface area is 141 Å². The minimum Gasteiger partial charge on any atom is -0.322 e. The highest BCUT2D eigenvalue weighted by molar-refractivity contribution is 9.10. The third kappa shape index (κ3) is 4.52. The van der Waals surface area contributed by atoms with Gasteiger partial charge in [0.1, 0.15) is 5.82 Å². The molecule has 0 spiro atoms. The van der Waals surface area contributed by atoms with Gasteiger partial charge >= 0.3 is 0 Å². The van der Waals surface area contributed by atoms with Crippen molar-refractivity contribution in [1.82, 2.24) is 0 Å². The number of anilines is 1. The van der Waals surface area contributed by atoms with Crippen LogP contribution < -0.4 is 5.32 Å². The molecule has 0 bridgehead atoms. The van der Waals surface area contributed by atoms with E-state index in [4.69, 9.17) is 0 Å². The summed E-state index contributed by atoms with van der Waals surface area (Å²) in [5, 5.41) is 2.43. The summed E-state index contributed by atoms with van der Waals surface area (Å²) < 4.78 is 27.6. The summed E-state index contributed by atoms with van der Waals surface area (Å²) in [6.07, 6.45) is 0. The van der Waals surface area contributed by atoms with E-state index in [-0.39, 0.29) is 21.8 Å². The van der Waals surface area contributed by atoms with Crippen molar-refractivity contribution in [2.24, 2.45) is 0 Å². The van der Waals surface area contributed by atoms with E-state index < -0.39 is 11.6 Å². The highest BCUT2D eigenvalue weighted by Crippen LogP contribution is 2.29. The first-order chi connectivity index (χ1) is 9.97. The maximum absolute atomic E-state index is 13.6. The topological polar surface area (TPSA) is 29.1 Å². The van der Waals surface area contributed by atoms with E-state index in [0.717, 1.165) is 21.5 Å². The first-order valence-electron chi connectivity index (χ1n) is 5.79. The van der Waals surface area contributed by atoms with Crippen molar-refractivity contribution in [2.75, 3.05) is 11.1 Å². The van der Waals surface area contributed by atoms with E-state index in [9.17, 15) is 13.6 Å². The predicted molar refractivity (Wildman–Crippen MR) is 87.6 cm³/mol. The second-order valence-corrected chi connectivity index (χ2v) is 6.74. The van der Waals surface area contributed by atoms with Gasteiger partial charge in [-0.25, -0.2) is 8.78 Å². The van der Waals surface area contributed by atoms with Gasteiger partial charge in [0.05, 0.1) is 11.4 Å². The van der Waals surface area contributed by atoms with Crippen LogP contribution in [0.3, 0.4) is 0 Å². The fourth-order valence-corrected chi connectivity index (χ4v) is 3.42. The Morgan fingerprint density at radius 3 is 2.52 bits per heavy atom. The molecule has 0 fully saturated rings. The van der Waals surface area contributed by atoms with E-state index in [2.05, 4.69) is 37.2 Å². The lowest BCUT2D eigenvalue weighted by Crippen LogP contribution is -2.15.